The molecule has 6 radical (unpaired) electrons. The van der Waals surface area contributed by atoms with E-state index in [2.05, 4.69) is 26.9 Å². The first kappa shape index (κ1) is 58.9. The Bertz CT molecular complexity index is 1540. The Kier molecular flexibility index (Phi) is 38.3. The first-order chi connectivity index (χ1) is 19.8. The molecule has 0 heterocycles. The molecule has 47 heavy (non-hydrogen) atoms. The topological polar surface area (TPSA) is 177 Å². The van der Waals surface area contributed by atoms with Gasteiger partial charge in [0.15, 0.2) is 0 Å². The van der Waals surface area contributed by atoms with Gasteiger partial charge in [0.2, 0.25) is 30.1 Å². The summed E-state index contributed by atoms with van der Waals surface area (Å²) in [6.45, 7) is 1.96. The molecule has 0 atom stereocenters. The molecule has 23 heteroatoms. The molecule has 0 aliphatic rings. The first-order valence-corrected chi connectivity index (χ1v) is 16.1. The van der Waals surface area contributed by atoms with Crippen molar-refractivity contribution < 1.29 is 105 Å². The fraction of sp³-hybridized carbons (Fsp3) is 0.250. The number of hydrogen-bond donors (Lipinski definition) is 4. The van der Waals surface area contributed by atoms with Crippen LogP contribution in [0, 0.1) is 5.82 Å². The van der Waals surface area contributed by atoms with Crippen LogP contribution in [0.4, 0.5) is 4.39 Å². The normalized spacial score (nSPS) is 9.66. The summed E-state index contributed by atoms with van der Waals surface area (Å²) in [6.07, 6.45) is 0.802. The van der Waals surface area contributed by atoms with Crippen LogP contribution in [0.5, 0.6) is 11.5 Å². The van der Waals surface area contributed by atoms with Crippen molar-refractivity contribution in [3.63, 3.8) is 0 Å². The number of halogens is 2. The van der Waals surface area contributed by atoms with Crippen LogP contribution in [0.15, 0.2) is 87.5 Å². The summed E-state index contributed by atoms with van der Waals surface area (Å²) in [4.78, 5) is 0.469. The number of rotatable bonds is 10. The zero-order valence-corrected chi connectivity index (χ0v) is 36.9. The third-order valence-corrected chi connectivity index (χ3v) is 9.01. The van der Waals surface area contributed by atoms with Crippen LogP contribution >= 0.6 is 24.0 Å². The molecule has 12 nitrogen and oxygen atoms in total. The van der Waals surface area contributed by atoms with Gasteiger partial charge < -0.3 is 14.3 Å². The Labute approximate surface area is 339 Å². The van der Waals surface area contributed by atoms with Crippen LogP contribution in [-0.4, -0.2) is 75.0 Å². The molecule has 0 unspecified atom stereocenters. The monoisotopic (exact) mass is 1200 g/mol. The molecule has 258 valence electrons. The standard InChI is InChI=1S/C9H13BNO3S.C7H8BNO3S.C7H8FNO2S.CH4.BHO.HI.V.2W/c1-3-10-14-8-4-6-9(7-5-8)15(12,13)11-2;1-9-13(10,11)7-4-2-6(12-8)3-5-7;1-9-12(10,11)7-4-2-6(8)3-5-7;;1-2;;;;/h4-7,11H,3H2,1-2H3;2-5,9H,1H3;2-5,9H,1H3;1H4;2H;1H;;;. The fourth-order valence-electron chi connectivity index (χ4n) is 2.54. The minimum absolute atomic E-state index is 0. The largest absolute Gasteiger partial charge is 0.568 e. The zero-order chi connectivity index (χ0) is 32.4. The van der Waals surface area contributed by atoms with Gasteiger partial charge in [-0.1, -0.05) is 14.4 Å². The molecular formula is C24H35B3FIN3O9S3VW2. The summed E-state index contributed by atoms with van der Waals surface area (Å²) in [5.74, 6) is 0.590. The predicted molar refractivity (Wildman–Crippen MR) is 181 cm³/mol. The van der Waals surface area contributed by atoms with Crippen LogP contribution in [0.1, 0.15) is 14.4 Å². The van der Waals surface area contributed by atoms with E-state index >= 15 is 0 Å². The summed E-state index contributed by atoms with van der Waals surface area (Å²) >= 11 is 0. The van der Waals surface area contributed by atoms with Gasteiger partial charge >= 0.3 is 15.5 Å². The van der Waals surface area contributed by atoms with Crippen LogP contribution in [0.2, 0.25) is 6.32 Å². The second-order valence-corrected chi connectivity index (χ2v) is 13.0. The summed E-state index contributed by atoms with van der Waals surface area (Å²) in [7, 11) is 3.91. The molecule has 0 aliphatic heterocycles. The summed E-state index contributed by atoms with van der Waals surface area (Å²) in [5.41, 5.74) is 0. The van der Waals surface area contributed by atoms with Crippen molar-refractivity contribution in [2.24, 2.45) is 0 Å². The van der Waals surface area contributed by atoms with Gasteiger partial charge in [0.25, 0.3) is 8.05 Å². The van der Waals surface area contributed by atoms with Crippen molar-refractivity contribution in [1.82, 2.24) is 14.2 Å². The van der Waals surface area contributed by atoms with E-state index in [-0.39, 0.29) is 107 Å². The van der Waals surface area contributed by atoms with Gasteiger partial charge in [-0.25, -0.2) is 43.8 Å². The molecule has 4 N–H and O–H groups in total. The Morgan fingerprint density at radius 3 is 1.21 bits per heavy atom. The van der Waals surface area contributed by atoms with Gasteiger partial charge in [0, 0.05) is 60.7 Å². The minimum atomic E-state index is -3.43. The molecule has 0 bridgehead atoms. The molecule has 0 saturated heterocycles. The number of benzene rings is 3. The van der Waals surface area contributed by atoms with E-state index in [0.717, 1.165) is 18.5 Å². The Morgan fingerprint density at radius 2 is 0.957 bits per heavy atom. The van der Waals surface area contributed by atoms with E-state index in [4.69, 9.17) is 17.7 Å². The van der Waals surface area contributed by atoms with Gasteiger partial charge in [-0.05, 0) is 100 Å². The third-order valence-electron chi connectivity index (χ3n) is 4.72. The molecular weight excluding hydrogens is 1170 g/mol. The quantitative estimate of drug-likeness (QED) is 0.175. The Hall–Kier alpha value is -0.234. The number of sulfonamides is 3. The molecule has 0 amide bonds. The van der Waals surface area contributed by atoms with Crippen molar-refractivity contribution in [3.05, 3.63) is 78.6 Å². The van der Waals surface area contributed by atoms with Crippen molar-refractivity contribution in [2.75, 3.05) is 21.1 Å². The smallest absolute Gasteiger partial charge is 0.374 e. The molecule has 0 spiro atoms. The second kappa shape index (κ2) is 30.6. The number of hydrogen-bond acceptors (Lipinski definition) is 9. The SMILES string of the molecule is C.CC[B]Oc1ccc(S(=O)(=O)NC)cc1.CNS(=O)(=O)c1ccc(F)cc1.I.[B]O.[B]Oc1ccc(S(=O)(=O)NC)cc1.[V].[W].[W]. The van der Waals surface area contributed by atoms with E-state index in [1.807, 2.05) is 6.92 Å². The van der Waals surface area contributed by atoms with Gasteiger partial charge in [-0.3, -0.25) is 0 Å². The maximum Gasteiger partial charge on any atom is 0.374 e. The van der Waals surface area contributed by atoms with Gasteiger partial charge in [0.1, 0.15) is 5.82 Å². The molecule has 3 aromatic carbocycles. The summed E-state index contributed by atoms with van der Waals surface area (Å²) in [5, 5.41) is 6.50. The van der Waals surface area contributed by atoms with Crippen molar-refractivity contribution in [3.8, 4) is 11.5 Å². The maximum atomic E-state index is 12.4. The zero-order valence-electron chi connectivity index (χ0n) is 24.9. The Balaban J connectivity index is -0.000000125. The fourth-order valence-corrected chi connectivity index (χ4v) is 4.73. The maximum absolute atomic E-state index is 12.4. The molecule has 0 aromatic heterocycles. The molecule has 0 fully saturated rings. The van der Waals surface area contributed by atoms with Gasteiger partial charge in [-0.15, -0.1) is 24.0 Å². The van der Waals surface area contributed by atoms with E-state index < -0.39 is 35.9 Å². The van der Waals surface area contributed by atoms with Gasteiger partial charge in [-0.2, -0.15) is 0 Å². The third kappa shape index (κ3) is 22.3. The molecule has 0 saturated carbocycles. The summed E-state index contributed by atoms with van der Waals surface area (Å²) in [6, 6.07) is 16.6. The van der Waals surface area contributed by atoms with E-state index in [9.17, 15) is 29.6 Å². The average Bonchev–Trinajstić information content (AvgIpc) is 3.02. The minimum Gasteiger partial charge on any atom is -0.568 e. The number of nitrogens with one attached hydrogen (secondary N) is 3. The van der Waals surface area contributed by atoms with Crippen LogP contribution in [-0.2, 0) is 90.8 Å². The van der Waals surface area contributed by atoms with Crippen LogP contribution < -0.4 is 23.5 Å². The van der Waals surface area contributed by atoms with Crippen molar-refractivity contribution >= 4 is 77.6 Å². The second-order valence-electron chi connectivity index (χ2n) is 7.33. The average molecular weight is 1200 g/mol. The van der Waals surface area contributed by atoms with Crippen LogP contribution in [0.3, 0.4) is 0 Å². The van der Waals surface area contributed by atoms with Crippen molar-refractivity contribution in [2.45, 2.75) is 35.4 Å². The van der Waals surface area contributed by atoms with E-state index in [1.165, 1.54) is 69.7 Å². The summed E-state index contributed by atoms with van der Waals surface area (Å²) < 4.78 is 95.9. The van der Waals surface area contributed by atoms with Gasteiger partial charge in [0.05, 0.1) is 26.2 Å². The van der Waals surface area contributed by atoms with Crippen LogP contribution in [0.25, 0.3) is 0 Å². The predicted octanol–water partition coefficient (Wildman–Crippen LogP) is 2.13. The molecule has 3 aromatic rings. The molecule has 0 aliphatic carbocycles. The molecule has 3 rings (SSSR count). The Morgan fingerprint density at radius 1 is 0.681 bits per heavy atom. The first-order valence-electron chi connectivity index (χ1n) is 11.6. The van der Waals surface area contributed by atoms with E-state index in [1.54, 1.807) is 19.6 Å². The van der Waals surface area contributed by atoms with E-state index in [0.29, 0.717) is 11.5 Å². The van der Waals surface area contributed by atoms with Crippen molar-refractivity contribution in [1.29, 1.82) is 0 Å².